The van der Waals surface area contributed by atoms with Crippen LogP contribution in [0.15, 0.2) is 10.2 Å². The fraction of sp³-hybridized carbons (Fsp3) is 0.526. The van der Waals surface area contributed by atoms with Crippen LogP contribution in [0.25, 0.3) is 20.4 Å². The van der Waals surface area contributed by atoms with E-state index in [1.807, 2.05) is 6.26 Å². The standard InChI is InChI=1S/C19H23N3OS3/c1-9(2)13-11-8-23-19(3,4)7-10(11)12-14-15(26-16(12)20-13)17(24-5)22-18(21-14)25-6/h9H,7-8H2,1-6H3. The van der Waals surface area contributed by atoms with Gasteiger partial charge in [-0.05, 0) is 37.8 Å². The summed E-state index contributed by atoms with van der Waals surface area (Å²) in [6, 6.07) is 0. The van der Waals surface area contributed by atoms with E-state index in [1.165, 1.54) is 22.2 Å². The monoisotopic (exact) mass is 405 g/mol. The van der Waals surface area contributed by atoms with E-state index in [-0.39, 0.29) is 5.60 Å². The van der Waals surface area contributed by atoms with Crippen molar-refractivity contribution >= 4 is 55.3 Å². The Morgan fingerprint density at radius 2 is 1.85 bits per heavy atom. The van der Waals surface area contributed by atoms with Gasteiger partial charge in [-0.1, -0.05) is 25.6 Å². The highest BCUT2D eigenvalue weighted by molar-refractivity contribution is 7.99. The lowest BCUT2D eigenvalue weighted by Gasteiger charge is -2.33. The second-order valence-electron chi connectivity index (χ2n) is 7.51. The molecule has 0 amide bonds. The summed E-state index contributed by atoms with van der Waals surface area (Å²) < 4.78 is 7.29. The van der Waals surface area contributed by atoms with Gasteiger partial charge in [0.1, 0.15) is 9.86 Å². The first kappa shape index (κ1) is 18.5. The lowest BCUT2D eigenvalue weighted by Crippen LogP contribution is -2.32. The molecule has 0 aromatic carbocycles. The molecule has 4 nitrogen and oxygen atoms in total. The van der Waals surface area contributed by atoms with Crippen molar-refractivity contribution in [2.24, 2.45) is 0 Å². The highest BCUT2D eigenvalue weighted by Crippen LogP contribution is 2.44. The summed E-state index contributed by atoms with van der Waals surface area (Å²) >= 11 is 5.01. The molecule has 0 N–H and O–H groups in total. The molecule has 0 bridgehead atoms. The van der Waals surface area contributed by atoms with Crippen molar-refractivity contribution in [3.8, 4) is 0 Å². The maximum atomic E-state index is 6.13. The largest absolute Gasteiger partial charge is 0.370 e. The molecular formula is C19H23N3OS3. The lowest BCUT2D eigenvalue weighted by molar-refractivity contribution is -0.0402. The predicted molar refractivity (Wildman–Crippen MR) is 113 cm³/mol. The zero-order valence-electron chi connectivity index (χ0n) is 16.0. The number of hydrogen-bond acceptors (Lipinski definition) is 7. The van der Waals surface area contributed by atoms with E-state index in [0.717, 1.165) is 31.7 Å². The summed E-state index contributed by atoms with van der Waals surface area (Å²) in [7, 11) is 0. The number of pyridine rings is 1. The number of fused-ring (bicyclic) bond motifs is 5. The van der Waals surface area contributed by atoms with Gasteiger partial charge in [0, 0.05) is 17.4 Å². The summed E-state index contributed by atoms with van der Waals surface area (Å²) in [4.78, 5) is 15.7. The third-order valence-electron chi connectivity index (χ3n) is 4.79. The number of aromatic nitrogens is 3. The van der Waals surface area contributed by atoms with E-state index in [1.54, 1.807) is 34.9 Å². The van der Waals surface area contributed by atoms with Crippen molar-refractivity contribution in [3.05, 3.63) is 16.8 Å². The third kappa shape index (κ3) is 2.93. The molecule has 0 fully saturated rings. The zero-order chi connectivity index (χ0) is 18.6. The van der Waals surface area contributed by atoms with E-state index in [2.05, 4.69) is 34.0 Å². The van der Waals surface area contributed by atoms with E-state index < -0.39 is 0 Å². The molecule has 4 heterocycles. The van der Waals surface area contributed by atoms with Crippen molar-refractivity contribution < 1.29 is 4.74 Å². The number of nitrogens with zero attached hydrogens (tertiary/aromatic N) is 3. The van der Waals surface area contributed by atoms with Crippen molar-refractivity contribution in [1.82, 2.24) is 15.0 Å². The fourth-order valence-corrected chi connectivity index (χ4v) is 5.86. The van der Waals surface area contributed by atoms with Gasteiger partial charge in [0.05, 0.1) is 28.1 Å². The summed E-state index contributed by atoms with van der Waals surface area (Å²) in [5.41, 5.74) is 4.70. The van der Waals surface area contributed by atoms with Crippen LogP contribution in [-0.2, 0) is 17.8 Å². The molecule has 0 atom stereocenters. The lowest BCUT2D eigenvalue weighted by atomic mass is 9.87. The van der Waals surface area contributed by atoms with Crippen LogP contribution >= 0.6 is 34.9 Å². The third-order valence-corrected chi connectivity index (χ3v) is 7.23. The van der Waals surface area contributed by atoms with Gasteiger partial charge < -0.3 is 4.74 Å². The highest BCUT2D eigenvalue weighted by Gasteiger charge is 2.32. The molecule has 0 aliphatic carbocycles. The van der Waals surface area contributed by atoms with E-state index in [0.29, 0.717) is 12.5 Å². The van der Waals surface area contributed by atoms with Gasteiger partial charge in [-0.2, -0.15) is 0 Å². The number of thioether (sulfide) groups is 2. The van der Waals surface area contributed by atoms with Crippen LogP contribution in [0.4, 0.5) is 0 Å². The average Bonchev–Trinajstić information content (AvgIpc) is 2.97. The summed E-state index contributed by atoms with van der Waals surface area (Å²) in [5.74, 6) is 0.371. The van der Waals surface area contributed by atoms with E-state index in [9.17, 15) is 0 Å². The molecule has 26 heavy (non-hydrogen) atoms. The number of ether oxygens (including phenoxy) is 1. The number of rotatable bonds is 3. The summed E-state index contributed by atoms with van der Waals surface area (Å²) in [6.45, 7) is 9.38. The Bertz CT molecular complexity index is 1010. The van der Waals surface area contributed by atoms with Gasteiger partial charge in [-0.15, -0.1) is 23.1 Å². The number of thiophene rings is 1. The van der Waals surface area contributed by atoms with Crippen LogP contribution in [0.2, 0.25) is 0 Å². The fourth-order valence-electron chi connectivity index (χ4n) is 3.56. The van der Waals surface area contributed by atoms with E-state index >= 15 is 0 Å². The number of hydrogen-bond donors (Lipinski definition) is 0. The Morgan fingerprint density at radius 1 is 1.08 bits per heavy atom. The minimum atomic E-state index is -0.165. The molecule has 1 aliphatic rings. The summed E-state index contributed by atoms with van der Waals surface area (Å²) in [6.07, 6.45) is 5.00. The molecule has 3 aromatic heterocycles. The highest BCUT2D eigenvalue weighted by atomic mass is 32.2. The van der Waals surface area contributed by atoms with Gasteiger partial charge in [-0.25, -0.2) is 15.0 Å². The molecule has 1 aliphatic heterocycles. The molecule has 7 heteroatoms. The smallest absolute Gasteiger partial charge is 0.189 e. The van der Waals surface area contributed by atoms with Gasteiger partial charge in [0.25, 0.3) is 0 Å². The summed E-state index contributed by atoms with van der Waals surface area (Å²) in [5, 5.41) is 3.09. The molecular weight excluding hydrogens is 382 g/mol. The van der Waals surface area contributed by atoms with Crippen molar-refractivity contribution in [1.29, 1.82) is 0 Å². The second kappa shape index (κ2) is 6.62. The van der Waals surface area contributed by atoms with Crippen molar-refractivity contribution in [3.63, 3.8) is 0 Å². The molecule has 138 valence electrons. The zero-order valence-corrected chi connectivity index (χ0v) is 18.4. The Balaban J connectivity index is 2.14. The SMILES string of the molecule is CSc1nc(SC)c2sc3nc(C(C)C)c4c(c3c2n1)CC(C)(C)OC4. The molecule has 0 saturated heterocycles. The van der Waals surface area contributed by atoms with Crippen molar-refractivity contribution in [2.75, 3.05) is 12.5 Å². The van der Waals surface area contributed by atoms with Crippen LogP contribution in [0.1, 0.15) is 50.4 Å². The van der Waals surface area contributed by atoms with Crippen molar-refractivity contribution in [2.45, 2.75) is 62.4 Å². The molecule has 0 unspecified atom stereocenters. The molecule has 3 aromatic rings. The van der Waals surface area contributed by atoms with Gasteiger partial charge in [0.15, 0.2) is 5.16 Å². The maximum Gasteiger partial charge on any atom is 0.189 e. The maximum absolute atomic E-state index is 6.13. The van der Waals surface area contributed by atoms with Gasteiger partial charge >= 0.3 is 0 Å². The first-order valence-electron chi connectivity index (χ1n) is 8.72. The molecule has 0 radical (unpaired) electrons. The van der Waals surface area contributed by atoms with Gasteiger partial charge in [-0.3, -0.25) is 0 Å². The first-order valence-corrected chi connectivity index (χ1v) is 12.0. The van der Waals surface area contributed by atoms with Crippen LogP contribution in [0.3, 0.4) is 0 Å². The molecule has 4 rings (SSSR count). The first-order chi connectivity index (χ1) is 12.3. The average molecular weight is 406 g/mol. The second-order valence-corrected chi connectivity index (χ2v) is 10.1. The van der Waals surface area contributed by atoms with E-state index in [4.69, 9.17) is 19.7 Å². The van der Waals surface area contributed by atoms with Crippen LogP contribution in [0, 0.1) is 0 Å². The Morgan fingerprint density at radius 3 is 2.50 bits per heavy atom. The molecule has 0 spiro atoms. The predicted octanol–water partition coefficient (Wildman–Crippen LogP) is 5.66. The van der Waals surface area contributed by atoms with Crippen LogP contribution in [-0.4, -0.2) is 33.1 Å². The normalized spacial score (nSPS) is 16.6. The van der Waals surface area contributed by atoms with Crippen LogP contribution < -0.4 is 0 Å². The minimum absolute atomic E-state index is 0.165. The Labute approximate surface area is 166 Å². The van der Waals surface area contributed by atoms with Gasteiger partial charge in [0.2, 0.25) is 0 Å². The minimum Gasteiger partial charge on any atom is -0.370 e. The van der Waals surface area contributed by atoms with Crippen LogP contribution in [0.5, 0.6) is 0 Å². The Kier molecular flexibility index (Phi) is 4.70. The quantitative estimate of drug-likeness (QED) is 0.318. The molecule has 0 saturated carbocycles. The Hall–Kier alpha value is -0.890. The topological polar surface area (TPSA) is 47.9 Å².